The quantitative estimate of drug-likeness (QED) is 0.673. The van der Waals surface area contributed by atoms with E-state index in [2.05, 4.69) is 9.83 Å². The monoisotopic (exact) mass is 355 g/mol. The van der Waals surface area contributed by atoms with Crippen molar-refractivity contribution < 1.29 is 9.13 Å². The Balaban J connectivity index is 1.63. The highest BCUT2D eigenvalue weighted by Crippen LogP contribution is 2.46. The van der Waals surface area contributed by atoms with Gasteiger partial charge in [-0.25, -0.2) is 15.9 Å². The van der Waals surface area contributed by atoms with Crippen LogP contribution in [0.5, 0.6) is 5.75 Å². The van der Waals surface area contributed by atoms with Crippen molar-refractivity contribution in [3.8, 4) is 5.75 Å². The Bertz CT molecular complexity index is 1050. The van der Waals surface area contributed by atoms with Gasteiger partial charge >= 0.3 is 0 Å². The summed E-state index contributed by atoms with van der Waals surface area (Å²) in [5, 5.41) is 0. The van der Waals surface area contributed by atoms with E-state index in [0.717, 1.165) is 17.0 Å². The third-order valence-electron chi connectivity index (χ3n) is 4.26. The molecule has 1 aromatic carbocycles. The van der Waals surface area contributed by atoms with Gasteiger partial charge in [0.15, 0.2) is 4.96 Å². The third-order valence-corrected chi connectivity index (χ3v) is 5.23. The number of thiazole rings is 1. The van der Waals surface area contributed by atoms with Crippen molar-refractivity contribution in [2.75, 3.05) is 0 Å². The predicted molar refractivity (Wildman–Crippen MR) is 92.6 cm³/mol. The highest BCUT2D eigenvalue weighted by Gasteiger charge is 2.48. The number of nitrogens with zero attached hydrogens (tertiary/aromatic N) is 3. The lowest BCUT2D eigenvalue weighted by atomic mass is 10.2. The molecular formula is C18H14FN3O2S. The number of fused-ring (bicyclic) bond motifs is 1. The molecule has 7 heteroatoms. The average molecular weight is 355 g/mol. The lowest BCUT2D eigenvalue weighted by Gasteiger charge is -2.06. The molecule has 0 radical (unpaired) electrons. The molecule has 0 aliphatic heterocycles. The van der Waals surface area contributed by atoms with Crippen molar-refractivity contribution in [1.82, 2.24) is 9.38 Å². The maximum Gasteiger partial charge on any atom is 0.259 e. The zero-order valence-corrected chi connectivity index (χ0v) is 14.2. The van der Waals surface area contributed by atoms with Gasteiger partial charge in [-0.05, 0) is 31.2 Å². The molecule has 0 bridgehead atoms. The summed E-state index contributed by atoms with van der Waals surface area (Å²) in [5.74, 6) is 0.320. The first-order valence-corrected chi connectivity index (χ1v) is 8.65. The first kappa shape index (κ1) is 15.8. The van der Waals surface area contributed by atoms with Gasteiger partial charge in [0.25, 0.3) is 5.56 Å². The van der Waals surface area contributed by atoms with Crippen molar-refractivity contribution >= 4 is 16.3 Å². The number of hydrogen-bond acceptors (Lipinski definition) is 4. The minimum atomic E-state index is -0.329. The highest BCUT2D eigenvalue weighted by atomic mass is 32.1. The van der Waals surface area contributed by atoms with E-state index in [4.69, 9.17) is 11.3 Å². The van der Waals surface area contributed by atoms with Crippen LogP contribution in [0.2, 0.25) is 0 Å². The van der Waals surface area contributed by atoms with Crippen molar-refractivity contribution in [1.29, 1.82) is 0 Å². The van der Waals surface area contributed by atoms with Gasteiger partial charge in [-0.1, -0.05) is 0 Å². The fourth-order valence-electron chi connectivity index (χ4n) is 2.95. The minimum absolute atomic E-state index is 0.0233. The summed E-state index contributed by atoms with van der Waals surface area (Å²) in [6, 6.07) is 7.14. The van der Waals surface area contributed by atoms with Gasteiger partial charge < -0.3 is 9.58 Å². The van der Waals surface area contributed by atoms with Crippen molar-refractivity contribution in [3.05, 3.63) is 74.2 Å². The van der Waals surface area contributed by atoms with Gasteiger partial charge in [-0.2, -0.15) is 0 Å². The van der Waals surface area contributed by atoms with Gasteiger partial charge in [-0.15, -0.1) is 11.3 Å². The lowest BCUT2D eigenvalue weighted by molar-refractivity contribution is 0.301. The summed E-state index contributed by atoms with van der Waals surface area (Å²) in [7, 11) is 0. The zero-order chi connectivity index (χ0) is 17.6. The summed E-state index contributed by atoms with van der Waals surface area (Å²) in [5.41, 5.74) is 1.29. The van der Waals surface area contributed by atoms with Gasteiger partial charge in [-0.3, -0.25) is 9.20 Å². The Morgan fingerprint density at radius 3 is 2.88 bits per heavy atom. The smallest absolute Gasteiger partial charge is 0.259 e. The first-order valence-electron chi connectivity index (χ1n) is 7.83. The van der Waals surface area contributed by atoms with Crippen LogP contribution < -0.4 is 10.3 Å². The molecule has 1 aliphatic rings. The second kappa shape index (κ2) is 5.97. The molecule has 2 atom stereocenters. The third kappa shape index (κ3) is 2.89. The van der Waals surface area contributed by atoms with Gasteiger partial charge in [0.05, 0.1) is 17.3 Å². The molecule has 0 spiro atoms. The Hall–Kier alpha value is -2.72. The Morgan fingerprint density at radius 1 is 1.44 bits per heavy atom. The molecule has 2 aromatic heterocycles. The number of ether oxygens (including phenoxy) is 1. The molecule has 0 amide bonds. The Morgan fingerprint density at radius 2 is 2.20 bits per heavy atom. The van der Waals surface area contributed by atoms with Crippen molar-refractivity contribution in [2.24, 2.45) is 0 Å². The normalized spacial score (nSPS) is 18.9. The molecule has 5 nitrogen and oxygen atoms in total. The molecular weight excluding hydrogens is 341 g/mol. The second-order valence-corrected chi connectivity index (χ2v) is 7.21. The summed E-state index contributed by atoms with van der Waals surface area (Å²) >= 11 is 1.46. The molecule has 0 saturated heterocycles. The van der Waals surface area contributed by atoms with Crippen LogP contribution in [0.1, 0.15) is 28.6 Å². The maximum absolute atomic E-state index is 12.9. The van der Waals surface area contributed by atoms with Crippen LogP contribution in [0.25, 0.3) is 9.81 Å². The van der Waals surface area contributed by atoms with Gasteiger partial charge in [0, 0.05) is 17.4 Å². The molecule has 0 N–H and O–H groups in total. The van der Waals surface area contributed by atoms with Crippen LogP contribution in [0.15, 0.2) is 35.1 Å². The first-order chi connectivity index (χ1) is 12.1. The lowest BCUT2D eigenvalue weighted by Crippen LogP contribution is -2.17. The van der Waals surface area contributed by atoms with Crippen LogP contribution in [-0.4, -0.2) is 15.4 Å². The van der Waals surface area contributed by atoms with E-state index < -0.39 is 0 Å². The highest BCUT2D eigenvalue weighted by molar-refractivity contribution is 7.17. The van der Waals surface area contributed by atoms with Crippen molar-refractivity contribution in [3.63, 3.8) is 0 Å². The Labute approximate surface area is 147 Å². The van der Waals surface area contributed by atoms with E-state index in [1.54, 1.807) is 4.40 Å². The van der Waals surface area contributed by atoms with Crippen molar-refractivity contribution in [2.45, 2.75) is 31.9 Å². The van der Waals surface area contributed by atoms with Gasteiger partial charge in [0.1, 0.15) is 18.2 Å². The largest absolute Gasteiger partial charge is 0.487 e. The van der Waals surface area contributed by atoms with E-state index in [1.165, 1.54) is 41.7 Å². The fraction of sp³-hybridized carbons (Fsp3) is 0.278. The number of aryl methyl sites for hydroxylation is 1. The van der Waals surface area contributed by atoms with Crippen LogP contribution in [0.4, 0.5) is 4.39 Å². The molecule has 1 aliphatic carbocycles. The van der Waals surface area contributed by atoms with E-state index in [9.17, 15) is 9.18 Å². The molecule has 3 aromatic rings. The van der Waals surface area contributed by atoms with E-state index in [-0.39, 0.29) is 29.9 Å². The molecule has 2 unspecified atom stereocenters. The Kier molecular flexibility index (Phi) is 3.77. The van der Waals surface area contributed by atoms with E-state index in [0.29, 0.717) is 16.4 Å². The molecule has 1 saturated carbocycles. The molecule has 4 rings (SSSR count). The minimum Gasteiger partial charge on any atom is -0.487 e. The number of hydrogen-bond donors (Lipinski definition) is 0. The zero-order valence-electron chi connectivity index (χ0n) is 13.4. The topological polar surface area (TPSA) is 48.0 Å². The maximum atomic E-state index is 12.9. The second-order valence-electron chi connectivity index (χ2n) is 6.03. The summed E-state index contributed by atoms with van der Waals surface area (Å²) in [6.45, 7) is 9.25. The summed E-state index contributed by atoms with van der Waals surface area (Å²) in [6.07, 6.45) is 0.804. The number of rotatable bonds is 4. The fourth-order valence-corrected chi connectivity index (χ4v) is 4.01. The van der Waals surface area contributed by atoms with Crippen LogP contribution in [0, 0.1) is 19.3 Å². The van der Waals surface area contributed by atoms with E-state index in [1.807, 2.05) is 6.92 Å². The number of benzene rings is 1. The molecule has 1 fully saturated rings. The van der Waals surface area contributed by atoms with Gasteiger partial charge in [0.2, 0.25) is 6.04 Å². The van der Waals surface area contributed by atoms with Crippen LogP contribution >= 0.6 is 11.3 Å². The van der Waals surface area contributed by atoms with Crippen LogP contribution in [-0.2, 0) is 6.61 Å². The summed E-state index contributed by atoms with van der Waals surface area (Å²) < 4.78 is 20.1. The number of halogens is 1. The number of aromatic nitrogens is 2. The molecule has 2 heterocycles. The van der Waals surface area contributed by atoms with Crippen LogP contribution in [0.3, 0.4) is 0 Å². The average Bonchev–Trinajstić information content (AvgIpc) is 3.29. The predicted octanol–water partition coefficient (Wildman–Crippen LogP) is 3.56. The standard InChI is InChI=1S/C18H14FN3O2S/c1-10-17(14-8-15(14)20-2)22-16(23)7-12(21-18(22)25-10)9-24-13-5-3-11(19)4-6-13/h3-7,14-15H,8-9H2,1H3. The SMILES string of the molecule is [C-]#[N+]C1CC1c1c(C)sc2nc(COc3ccc(F)cc3)cc(=O)n12. The summed E-state index contributed by atoms with van der Waals surface area (Å²) in [4.78, 5) is 22.3. The molecule has 25 heavy (non-hydrogen) atoms. The molecule has 126 valence electrons. The van der Waals surface area contributed by atoms with E-state index >= 15 is 0 Å².